The molecule has 0 aliphatic heterocycles. The molecule has 0 aromatic rings. The van der Waals surface area contributed by atoms with Gasteiger partial charge in [0.25, 0.3) is 0 Å². The van der Waals surface area contributed by atoms with Gasteiger partial charge in [0, 0.05) is 0 Å². The highest BCUT2D eigenvalue weighted by Crippen LogP contribution is 2.11. The van der Waals surface area contributed by atoms with E-state index in [4.69, 9.17) is 35.4 Å². The molecule has 0 bridgehead atoms. The van der Waals surface area contributed by atoms with E-state index in [1.54, 1.807) is 13.8 Å². The van der Waals surface area contributed by atoms with E-state index in [1.807, 2.05) is 0 Å². The zero-order valence-corrected chi connectivity index (χ0v) is 11.0. The van der Waals surface area contributed by atoms with Crippen LogP contribution in [0.3, 0.4) is 0 Å². The first-order valence-electron chi connectivity index (χ1n) is 5.75. The van der Waals surface area contributed by atoms with Crippen LogP contribution in [0.1, 0.15) is 13.8 Å². The van der Waals surface area contributed by atoms with E-state index < -0.39 is 37.9 Å². The predicted octanol–water partition coefficient (Wildman–Crippen LogP) is -2.29. The van der Waals surface area contributed by atoms with Crippen molar-refractivity contribution < 1.29 is 35.4 Å². The molecule has 0 aromatic carbocycles. The lowest BCUT2D eigenvalue weighted by molar-refractivity contribution is -0.0328. The molecule has 0 fully saturated rings. The lowest BCUT2D eigenvalue weighted by Crippen LogP contribution is -2.37. The highest BCUT2D eigenvalue weighted by molar-refractivity contribution is 4.74. The molecular weight excluding hydrogens is 244 g/mol. The predicted molar refractivity (Wildman–Crippen MR) is 65.0 cm³/mol. The number of hydrogen-bond acceptors (Lipinski definition) is 7. The van der Waals surface area contributed by atoms with Gasteiger partial charge in [0.1, 0.15) is 0 Å². The fraction of sp³-hybridized carbons (Fsp3) is 1.00. The van der Waals surface area contributed by atoms with Gasteiger partial charge in [-0.3, -0.25) is 0 Å². The first-order valence-corrected chi connectivity index (χ1v) is 5.75. The van der Waals surface area contributed by atoms with Crippen LogP contribution in [0.15, 0.2) is 0 Å². The van der Waals surface area contributed by atoms with Gasteiger partial charge in [-0.1, -0.05) is 0 Å². The zero-order chi connectivity index (χ0) is 14.6. The van der Waals surface area contributed by atoms with Crippen LogP contribution in [0.2, 0.25) is 0 Å². The lowest BCUT2D eigenvalue weighted by Gasteiger charge is -2.23. The summed E-state index contributed by atoms with van der Waals surface area (Å²) in [4.78, 5) is 0. The van der Waals surface area contributed by atoms with Gasteiger partial charge >= 0.3 is 0 Å². The van der Waals surface area contributed by atoms with Gasteiger partial charge in [0.05, 0.1) is 57.3 Å². The van der Waals surface area contributed by atoms with Gasteiger partial charge in [-0.2, -0.15) is 0 Å². The van der Waals surface area contributed by atoms with E-state index in [0.717, 1.165) is 0 Å². The second-order valence-electron chi connectivity index (χ2n) is 4.31. The average molecular weight is 270 g/mol. The number of hydrogen-bond donors (Lipinski definition) is 6. The fourth-order valence-electron chi connectivity index (χ4n) is 0.656. The van der Waals surface area contributed by atoms with E-state index in [0.29, 0.717) is 6.61 Å². The first-order chi connectivity index (χ1) is 8.41. The first kappa shape index (κ1) is 20.0. The zero-order valence-electron chi connectivity index (χ0n) is 11.0. The Kier molecular flexibility index (Phi) is 13.1. The lowest BCUT2D eigenvalue weighted by atomic mass is 9.93. The average Bonchev–Trinajstić information content (AvgIpc) is 2.40. The van der Waals surface area contributed by atoms with E-state index in [1.165, 1.54) is 0 Å². The number of aliphatic hydroxyl groups is 6. The van der Waals surface area contributed by atoms with Gasteiger partial charge in [0.15, 0.2) is 0 Å². The Balaban J connectivity index is 0. The summed E-state index contributed by atoms with van der Waals surface area (Å²) in [5.74, 6) is 0. The van der Waals surface area contributed by atoms with Crippen LogP contribution in [0.25, 0.3) is 0 Å². The minimum atomic E-state index is -1.11. The maximum Gasteiger partial charge on any atom is 0.0779 e. The molecule has 0 aliphatic carbocycles. The molecular formula is C11H26O7. The molecule has 0 spiro atoms. The van der Waals surface area contributed by atoms with Crippen LogP contribution >= 0.6 is 0 Å². The monoisotopic (exact) mass is 270 g/mol. The quantitative estimate of drug-likeness (QED) is 0.292. The molecule has 0 aromatic heterocycles. The summed E-state index contributed by atoms with van der Waals surface area (Å²) in [7, 11) is 0. The van der Waals surface area contributed by atoms with Crippen LogP contribution in [0.4, 0.5) is 0 Å². The van der Waals surface area contributed by atoms with E-state index in [-0.39, 0.29) is 12.7 Å². The topological polar surface area (TPSA) is 131 Å². The van der Waals surface area contributed by atoms with Gasteiger partial charge in [-0.25, -0.2) is 0 Å². The van der Waals surface area contributed by atoms with Crippen molar-refractivity contribution in [3.63, 3.8) is 0 Å². The largest absolute Gasteiger partial charge is 0.396 e. The highest BCUT2D eigenvalue weighted by atomic mass is 16.5. The minimum absolute atomic E-state index is 0.00667. The molecule has 2 atom stereocenters. The molecule has 7 heteroatoms. The maximum absolute atomic E-state index is 8.69. The van der Waals surface area contributed by atoms with Gasteiger partial charge in [-0.05, 0) is 13.8 Å². The summed E-state index contributed by atoms with van der Waals surface area (Å²) in [6.07, 6.45) is -0.612. The molecule has 7 nitrogen and oxygen atoms in total. The third kappa shape index (κ3) is 9.72. The molecule has 18 heavy (non-hydrogen) atoms. The van der Waals surface area contributed by atoms with Crippen molar-refractivity contribution in [2.75, 3.05) is 39.6 Å². The molecule has 0 heterocycles. The molecule has 0 aliphatic rings. The molecule has 112 valence electrons. The Bertz CT molecular complexity index is 153. The van der Waals surface area contributed by atoms with Crippen molar-refractivity contribution in [2.45, 2.75) is 26.1 Å². The van der Waals surface area contributed by atoms with Crippen molar-refractivity contribution in [3.05, 3.63) is 0 Å². The molecule has 0 rings (SSSR count). The summed E-state index contributed by atoms with van der Waals surface area (Å²) >= 11 is 0. The maximum atomic E-state index is 8.69. The van der Waals surface area contributed by atoms with Gasteiger partial charge in [0.2, 0.25) is 0 Å². The van der Waals surface area contributed by atoms with E-state index in [9.17, 15) is 0 Å². The summed E-state index contributed by atoms with van der Waals surface area (Å²) in [5.41, 5.74) is -1.11. The van der Waals surface area contributed by atoms with Crippen molar-refractivity contribution in [2.24, 2.45) is 5.41 Å². The normalized spacial score (nSPS) is 14.7. The third-order valence-corrected chi connectivity index (χ3v) is 2.22. The van der Waals surface area contributed by atoms with Crippen molar-refractivity contribution in [3.8, 4) is 0 Å². The standard InChI is InChI=1S/C6H14O3.C5H12O4/c1-5(8)4-9-6(2)3-7;6-1-5(2-7,3-8)4-9/h5-8H,3-4H2,1-2H3;6-9H,1-4H2. The summed E-state index contributed by atoms with van der Waals surface area (Å²) in [6.45, 7) is 2.07. The van der Waals surface area contributed by atoms with Gasteiger partial charge < -0.3 is 35.4 Å². The van der Waals surface area contributed by atoms with Crippen LogP contribution < -0.4 is 0 Å². The summed E-state index contributed by atoms with van der Waals surface area (Å²) < 4.78 is 4.95. The molecule has 0 saturated carbocycles. The van der Waals surface area contributed by atoms with Crippen LogP contribution in [0.5, 0.6) is 0 Å². The Morgan fingerprint density at radius 2 is 1.28 bits per heavy atom. The Morgan fingerprint density at radius 3 is 1.44 bits per heavy atom. The number of ether oxygens (including phenoxy) is 1. The fourth-order valence-corrected chi connectivity index (χ4v) is 0.656. The second-order valence-corrected chi connectivity index (χ2v) is 4.31. The summed E-state index contributed by atoms with van der Waals surface area (Å²) in [5, 5.41) is 51.1. The molecule has 6 N–H and O–H groups in total. The smallest absolute Gasteiger partial charge is 0.0779 e. The molecule has 0 saturated heterocycles. The van der Waals surface area contributed by atoms with E-state index >= 15 is 0 Å². The summed E-state index contributed by atoms with van der Waals surface area (Å²) in [6, 6.07) is 0. The van der Waals surface area contributed by atoms with Crippen LogP contribution in [-0.2, 0) is 4.74 Å². The Hall–Kier alpha value is -0.280. The van der Waals surface area contributed by atoms with Crippen molar-refractivity contribution in [1.82, 2.24) is 0 Å². The van der Waals surface area contributed by atoms with E-state index in [2.05, 4.69) is 0 Å². The number of aliphatic hydroxyl groups excluding tert-OH is 6. The van der Waals surface area contributed by atoms with Crippen LogP contribution in [0, 0.1) is 5.41 Å². The number of rotatable bonds is 8. The Labute approximate surface area is 107 Å². The molecule has 0 amide bonds. The van der Waals surface area contributed by atoms with Crippen molar-refractivity contribution in [1.29, 1.82) is 0 Å². The SMILES string of the molecule is CC(O)COC(C)CO.OCC(CO)(CO)CO. The highest BCUT2D eigenvalue weighted by Gasteiger charge is 2.26. The van der Waals surface area contributed by atoms with Crippen LogP contribution in [-0.4, -0.2) is 82.5 Å². The minimum Gasteiger partial charge on any atom is -0.396 e. The Morgan fingerprint density at radius 1 is 0.889 bits per heavy atom. The van der Waals surface area contributed by atoms with Gasteiger partial charge in [-0.15, -0.1) is 0 Å². The molecule has 0 radical (unpaired) electrons. The second kappa shape index (κ2) is 11.8. The molecule has 2 unspecified atom stereocenters. The third-order valence-electron chi connectivity index (χ3n) is 2.22. The van der Waals surface area contributed by atoms with Crippen molar-refractivity contribution >= 4 is 0 Å².